The molecule has 2 heteroatoms. The third-order valence-electron chi connectivity index (χ3n) is 1.61. The molecule has 9 heavy (non-hydrogen) atoms. The number of aliphatic hydroxyl groups excluding tert-OH is 2. The number of hydrogen-bond donors (Lipinski definition) is 2. The van der Waals surface area contributed by atoms with E-state index >= 15 is 0 Å². The maximum absolute atomic E-state index is 9.04. The van der Waals surface area contributed by atoms with E-state index in [0.29, 0.717) is 5.57 Å². The molecule has 0 aliphatic heterocycles. The Morgan fingerprint density at radius 3 is 2.22 bits per heavy atom. The van der Waals surface area contributed by atoms with E-state index in [2.05, 4.69) is 6.58 Å². The number of hydrogen-bond acceptors (Lipinski definition) is 2. The van der Waals surface area contributed by atoms with Crippen molar-refractivity contribution in [2.24, 2.45) is 0 Å². The minimum Gasteiger partial charge on any atom is -0.386 e. The van der Waals surface area contributed by atoms with Gasteiger partial charge in [-0.3, -0.25) is 0 Å². The second kappa shape index (κ2) is 1.97. The van der Waals surface area contributed by atoms with Crippen LogP contribution in [0, 0.1) is 0 Å². The highest BCUT2D eigenvalue weighted by Crippen LogP contribution is 2.22. The SMILES string of the molecule is C=C1C(C)=C[C@H](O)[C@H]1O. The Kier molecular flexibility index (Phi) is 1.43. The van der Waals surface area contributed by atoms with Crippen LogP contribution in [0.5, 0.6) is 0 Å². The summed E-state index contributed by atoms with van der Waals surface area (Å²) in [5, 5.41) is 18.0. The average Bonchev–Trinajstić information content (AvgIpc) is 1.98. The van der Waals surface area contributed by atoms with Gasteiger partial charge in [-0.05, 0) is 24.1 Å². The van der Waals surface area contributed by atoms with Crippen molar-refractivity contribution < 1.29 is 10.2 Å². The molecule has 0 amide bonds. The minimum absolute atomic E-state index is 0.627. The van der Waals surface area contributed by atoms with E-state index in [1.54, 1.807) is 6.08 Å². The molecule has 0 aromatic rings. The fourth-order valence-corrected chi connectivity index (χ4v) is 0.894. The first-order valence-corrected chi connectivity index (χ1v) is 2.86. The van der Waals surface area contributed by atoms with Gasteiger partial charge in [0, 0.05) is 0 Å². The summed E-state index contributed by atoms with van der Waals surface area (Å²) in [6.45, 7) is 5.41. The van der Waals surface area contributed by atoms with E-state index in [4.69, 9.17) is 10.2 Å². The Labute approximate surface area is 54.1 Å². The number of rotatable bonds is 0. The lowest BCUT2D eigenvalue weighted by Crippen LogP contribution is -2.19. The molecule has 0 saturated heterocycles. The summed E-state index contributed by atoms with van der Waals surface area (Å²) in [7, 11) is 0. The van der Waals surface area contributed by atoms with Crippen molar-refractivity contribution in [3.05, 3.63) is 23.8 Å². The van der Waals surface area contributed by atoms with Crippen molar-refractivity contribution in [3.63, 3.8) is 0 Å². The molecular formula is C7H10O2. The summed E-state index contributed by atoms with van der Waals surface area (Å²) in [6, 6.07) is 0. The van der Waals surface area contributed by atoms with Gasteiger partial charge in [-0.1, -0.05) is 6.58 Å². The first kappa shape index (κ1) is 6.52. The fraction of sp³-hybridized carbons (Fsp3) is 0.429. The van der Waals surface area contributed by atoms with Gasteiger partial charge in [0.2, 0.25) is 0 Å². The lowest BCUT2D eigenvalue weighted by Gasteiger charge is -2.06. The first-order chi connectivity index (χ1) is 4.13. The smallest absolute Gasteiger partial charge is 0.108 e. The zero-order chi connectivity index (χ0) is 7.02. The van der Waals surface area contributed by atoms with Crippen molar-refractivity contribution >= 4 is 0 Å². The summed E-state index contributed by atoms with van der Waals surface area (Å²) in [5.74, 6) is 0. The normalized spacial score (nSPS) is 35.0. The quantitative estimate of drug-likeness (QED) is 0.487. The molecule has 0 fully saturated rings. The summed E-state index contributed by atoms with van der Waals surface area (Å²) in [4.78, 5) is 0. The van der Waals surface area contributed by atoms with Crippen molar-refractivity contribution in [2.45, 2.75) is 19.1 Å². The molecule has 0 aromatic heterocycles. The van der Waals surface area contributed by atoms with Crippen LogP contribution in [-0.2, 0) is 0 Å². The van der Waals surface area contributed by atoms with Crippen LogP contribution < -0.4 is 0 Å². The Morgan fingerprint density at radius 2 is 2.11 bits per heavy atom. The van der Waals surface area contributed by atoms with Crippen LogP contribution >= 0.6 is 0 Å². The molecule has 1 rings (SSSR count). The topological polar surface area (TPSA) is 40.5 Å². The van der Waals surface area contributed by atoms with Crippen LogP contribution in [-0.4, -0.2) is 22.4 Å². The van der Waals surface area contributed by atoms with Gasteiger partial charge in [0.15, 0.2) is 0 Å². The van der Waals surface area contributed by atoms with E-state index in [0.717, 1.165) is 5.57 Å². The third kappa shape index (κ3) is 0.910. The van der Waals surface area contributed by atoms with Crippen molar-refractivity contribution in [1.29, 1.82) is 0 Å². The van der Waals surface area contributed by atoms with Crippen LogP contribution in [0.3, 0.4) is 0 Å². The van der Waals surface area contributed by atoms with Gasteiger partial charge in [0.1, 0.15) is 12.2 Å². The molecule has 0 saturated carbocycles. The van der Waals surface area contributed by atoms with Gasteiger partial charge in [-0.25, -0.2) is 0 Å². The van der Waals surface area contributed by atoms with Crippen molar-refractivity contribution in [3.8, 4) is 0 Å². The zero-order valence-corrected chi connectivity index (χ0v) is 5.33. The summed E-state index contributed by atoms with van der Waals surface area (Å²) in [5.41, 5.74) is 1.51. The zero-order valence-electron chi connectivity index (χ0n) is 5.33. The molecule has 0 heterocycles. The molecule has 0 aromatic carbocycles. The van der Waals surface area contributed by atoms with E-state index < -0.39 is 12.2 Å². The molecule has 1 aliphatic carbocycles. The third-order valence-corrected chi connectivity index (χ3v) is 1.61. The van der Waals surface area contributed by atoms with Gasteiger partial charge in [-0.2, -0.15) is 0 Å². The second-order valence-electron chi connectivity index (χ2n) is 2.31. The molecule has 50 valence electrons. The van der Waals surface area contributed by atoms with E-state index in [-0.39, 0.29) is 0 Å². The maximum atomic E-state index is 9.04. The highest BCUT2D eigenvalue weighted by molar-refractivity contribution is 5.38. The Balaban J connectivity index is 2.82. The Hall–Kier alpha value is -0.600. The molecule has 2 N–H and O–H groups in total. The predicted molar refractivity (Wildman–Crippen MR) is 34.9 cm³/mol. The Bertz CT molecular complexity index is 170. The predicted octanol–water partition coefficient (Wildman–Crippen LogP) is 0.224. The van der Waals surface area contributed by atoms with Gasteiger partial charge >= 0.3 is 0 Å². The molecule has 2 nitrogen and oxygen atoms in total. The van der Waals surface area contributed by atoms with Crippen LogP contribution in [0.4, 0.5) is 0 Å². The van der Waals surface area contributed by atoms with E-state index in [9.17, 15) is 0 Å². The van der Waals surface area contributed by atoms with Crippen molar-refractivity contribution in [1.82, 2.24) is 0 Å². The molecule has 1 aliphatic rings. The van der Waals surface area contributed by atoms with Gasteiger partial charge < -0.3 is 10.2 Å². The molecule has 0 spiro atoms. The molecular weight excluding hydrogens is 116 g/mol. The molecule has 2 atom stereocenters. The lowest BCUT2D eigenvalue weighted by molar-refractivity contribution is 0.0828. The van der Waals surface area contributed by atoms with Crippen LogP contribution in [0.25, 0.3) is 0 Å². The number of aliphatic hydroxyl groups is 2. The fourth-order valence-electron chi connectivity index (χ4n) is 0.894. The average molecular weight is 126 g/mol. The van der Waals surface area contributed by atoms with E-state index in [1.165, 1.54) is 0 Å². The van der Waals surface area contributed by atoms with Crippen LogP contribution in [0.15, 0.2) is 23.8 Å². The lowest BCUT2D eigenvalue weighted by atomic mass is 10.1. The summed E-state index contributed by atoms with van der Waals surface area (Å²) < 4.78 is 0. The van der Waals surface area contributed by atoms with Gasteiger partial charge in [0.25, 0.3) is 0 Å². The minimum atomic E-state index is -0.773. The summed E-state index contributed by atoms with van der Waals surface area (Å²) >= 11 is 0. The largest absolute Gasteiger partial charge is 0.386 e. The van der Waals surface area contributed by atoms with Crippen LogP contribution in [0.2, 0.25) is 0 Å². The van der Waals surface area contributed by atoms with Crippen molar-refractivity contribution in [2.75, 3.05) is 0 Å². The monoisotopic (exact) mass is 126 g/mol. The highest BCUT2D eigenvalue weighted by Gasteiger charge is 2.24. The highest BCUT2D eigenvalue weighted by atomic mass is 16.3. The Morgan fingerprint density at radius 1 is 1.56 bits per heavy atom. The molecule has 0 bridgehead atoms. The van der Waals surface area contributed by atoms with Gasteiger partial charge in [0.05, 0.1) is 0 Å². The van der Waals surface area contributed by atoms with E-state index in [1.807, 2.05) is 6.92 Å². The maximum Gasteiger partial charge on any atom is 0.108 e. The first-order valence-electron chi connectivity index (χ1n) is 2.86. The summed E-state index contributed by atoms with van der Waals surface area (Å²) in [6.07, 6.45) is 0.0926. The molecule has 0 unspecified atom stereocenters. The van der Waals surface area contributed by atoms with Gasteiger partial charge in [-0.15, -0.1) is 0 Å². The van der Waals surface area contributed by atoms with Crippen LogP contribution in [0.1, 0.15) is 6.92 Å². The molecule has 0 radical (unpaired) electrons. The second-order valence-corrected chi connectivity index (χ2v) is 2.31. The standard InChI is InChI=1S/C7H10O2/c1-4-3-6(8)7(9)5(4)2/h3,6-9H,2H2,1H3/t6-,7-/m0/s1.